The van der Waals surface area contributed by atoms with Gasteiger partial charge in [-0.25, -0.2) is 18.1 Å². The minimum absolute atomic E-state index is 0.249. The number of imidazole rings is 1. The molecular weight excluding hydrogens is 424 g/mol. The quantitative estimate of drug-likeness (QED) is 0.393. The molecule has 7 nitrogen and oxygen atoms in total. The van der Waals surface area contributed by atoms with Crippen LogP contribution in [0.3, 0.4) is 0 Å². The van der Waals surface area contributed by atoms with E-state index in [1.54, 1.807) is 18.3 Å². The standard InChI is InChI=1S/C24H34N4O3S/c1-5-6-13-31-16-20(14-17(2)3)28-32(29,30)21-9-7-19(8-10-21)15-23-24-22(11-12-25-23)26-18(4)27-24/h7-12,17,20,28H,5-6,13-16H2,1-4H3,(H,26,27)/t20-/m0/s1. The Morgan fingerprint density at radius 3 is 2.59 bits per heavy atom. The Morgan fingerprint density at radius 2 is 1.91 bits per heavy atom. The third-order valence-electron chi connectivity index (χ3n) is 5.24. The second kappa shape index (κ2) is 11.0. The van der Waals surface area contributed by atoms with Crippen molar-refractivity contribution in [3.8, 4) is 0 Å². The summed E-state index contributed by atoms with van der Waals surface area (Å²) in [5.74, 6) is 1.21. The molecule has 3 aromatic rings. The third-order valence-corrected chi connectivity index (χ3v) is 6.78. The van der Waals surface area contributed by atoms with E-state index in [-0.39, 0.29) is 10.9 Å². The van der Waals surface area contributed by atoms with Crippen LogP contribution in [0.1, 0.15) is 57.1 Å². The highest BCUT2D eigenvalue weighted by atomic mass is 32.2. The first-order valence-electron chi connectivity index (χ1n) is 11.3. The number of H-pyrrole nitrogens is 1. The van der Waals surface area contributed by atoms with Crippen LogP contribution in [0.4, 0.5) is 0 Å². The Hall–Kier alpha value is -2.29. The van der Waals surface area contributed by atoms with E-state index in [4.69, 9.17) is 4.74 Å². The zero-order valence-electron chi connectivity index (χ0n) is 19.4. The Labute approximate surface area is 191 Å². The van der Waals surface area contributed by atoms with Crippen LogP contribution in [0.5, 0.6) is 0 Å². The highest BCUT2D eigenvalue weighted by molar-refractivity contribution is 7.89. The summed E-state index contributed by atoms with van der Waals surface area (Å²) in [6, 6.07) is 8.63. The van der Waals surface area contributed by atoms with E-state index >= 15 is 0 Å². The van der Waals surface area contributed by atoms with Crippen molar-refractivity contribution in [2.45, 2.75) is 64.3 Å². The molecule has 2 N–H and O–H groups in total. The van der Waals surface area contributed by atoms with Crippen molar-refractivity contribution in [1.29, 1.82) is 0 Å². The Bertz CT molecular complexity index is 1110. The summed E-state index contributed by atoms with van der Waals surface area (Å²) >= 11 is 0. The van der Waals surface area contributed by atoms with Crippen LogP contribution in [-0.2, 0) is 21.2 Å². The summed E-state index contributed by atoms with van der Waals surface area (Å²) in [5.41, 5.74) is 3.64. The molecule has 0 saturated heterocycles. The zero-order chi connectivity index (χ0) is 23.1. The number of aromatic amines is 1. The number of aryl methyl sites for hydroxylation is 1. The molecule has 8 heteroatoms. The van der Waals surface area contributed by atoms with Crippen molar-refractivity contribution < 1.29 is 13.2 Å². The van der Waals surface area contributed by atoms with Crippen molar-refractivity contribution in [3.05, 3.63) is 53.6 Å². The summed E-state index contributed by atoms with van der Waals surface area (Å²) in [6.45, 7) is 9.21. The lowest BCUT2D eigenvalue weighted by Gasteiger charge is -2.21. The number of sulfonamides is 1. The lowest BCUT2D eigenvalue weighted by molar-refractivity contribution is 0.109. The van der Waals surface area contributed by atoms with E-state index in [9.17, 15) is 8.42 Å². The number of rotatable bonds is 12. The van der Waals surface area contributed by atoms with Crippen molar-refractivity contribution in [1.82, 2.24) is 19.7 Å². The molecule has 32 heavy (non-hydrogen) atoms. The molecule has 0 aliphatic rings. The molecule has 2 aromatic heterocycles. The summed E-state index contributed by atoms with van der Waals surface area (Å²) < 4.78 is 34.5. The number of ether oxygens (including phenoxy) is 1. The Kier molecular flexibility index (Phi) is 8.39. The summed E-state index contributed by atoms with van der Waals surface area (Å²) in [5, 5.41) is 0. The van der Waals surface area contributed by atoms with Gasteiger partial charge in [-0.3, -0.25) is 4.98 Å². The molecule has 0 unspecified atom stereocenters. The fraction of sp³-hybridized carbons (Fsp3) is 0.500. The van der Waals surface area contributed by atoms with Gasteiger partial charge in [-0.05, 0) is 49.4 Å². The number of unbranched alkanes of at least 4 members (excludes halogenated alkanes) is 1. The molecule has 2 heterocycles. The number of hydrogen-bond acceptors (Lipinski definition) is 5. The largest absolute Gasteiger partial charge is 0.380 e. The van der Waals surface area contributed by atoms with Crippen LogP contribution in [0.15, 0.2) is 41.4 Å². The normalized spacial score (nSPS) is 13.2. The van der Waals surface area contributed by atoms with E-state index in [1.165, 1.54) is 0 Å². The molecule has 0 bridgehead atoms. The molecule has 3 rings (SSSR count). The van der Waals surface area contributed by atoms with E-state index in [1.807, 2.05) is 25.1 Å². The van der Waals surface area contributed by atoms with Crippen LogP contribution in [0, 0.1) is 12.8 Å². The van der Waals surface area contributed by atoms with Gasteiger partial charge in [0, 0.05) is 25.3 Å². The van der Waals surface area contributed by atoms with Gasteiger partial charge in [-0.15, -0.1) is 0 Å². The first kappa shape index (κ1) is 24.4. The molecule has 0 spiro atoms. The zero-order valence-corrected chi connectivity index (χ0v) is 20.2. The van der Waals surface area contributed by atoms with Gasteiger partial charge in [0.15, 0.2) is 0 Å². The van der Waals surface area contributed by atoms with Crippen LogP contribution in [-0.4, -0.2) is 42.6 Å². The van der Waals surface area contributed by atoms with Gasteiger partial charge in [0.2, 0.25) is 10.0 Å². The number of fused-ring (bicyclic) bond motifs is 1. The summed E-state index contributed by atoms with van der Waals surface area (Å²) in [6.07, 6.45) is 5.09. The van der Waals surface area contributed by atoms with E-state index in [2.05, 4.69) is 40.4 Å². The average molecular weight is 459 g/mol. The molecule has 0 fully saturated rings. The van der Waals surface area contributed by atoms with Crippen LogP contribution < -0.4 is 4.72 Å². The number of hydrogen-bond donors (Lipinski definition) is 2. The van der Waals surface area contributed by atoms with Gasteiger partial charge < -0.3 is 9.72 Å². The number of nitrogens with one attached hydrogen (secondary N) is 2. The molecule has 174 valence electrons. The van der Waals surface area contributed by atoms with Crippen molar-refractivity contribution in [3.63, 3.8) is 0 Å². The average Bonchev–Trinajstić information content (AvgIpc) is 3.12. The van der Waals surface area contributed by atoms with Gasteiger partial charge in [-0.1, -0.05) is 39.3 Å². The first-order valence-corrected chi connectivity index (χ1v) is 12.8. The van der Waals surface area contributed by atoms with E-state index < -0.39 is 10.0 Å². The smallest absolute Gasteiger partial charge is 0.240 e. The molecule has 0 amide bonds. The van der Waals surface area contributed by atoms with Crippen LogP contribution in [0.25, 0.3) is 11.0 Å². The van der Waals surface area contributed by atoms with E-state index in [0.717, 1.165) is 47.4 Å². The monoisotopic (exact) mass is 458 g/mol. The number of pyridine rings is 1. The van der Waals surface area contributed by atoms with Gasteiger partial charge in [0.25, 0.3) is 0 Å². The predicted molar refractivity (Wildman–Crippen MR) is 127 cm³/mol. The van der Waals surface area contributed by atoms with Gasteiger partial charge in [0.05, 0.1) is 22.7 Å². The predicted octanol–water partition coefficient (Wildman–Crippen LogP) is 4.37. The molecule has 0 aliphatic carbocycles. The molecule has 0 saturated carbocycles. The molecule has 1 aromatic carbocycles. The maximum atomic E-state index is 13.0. The van der Waals surface area contributed by atoms with Crippen molar-refractivity contribution in [2.24, 2.45) is 5.92 Å². The lowest BCUT2D eigenvalue weighted by atomic mass is 10.1. The van der Waals surface area contributed by atoms with Crippen LogP contribution >= 0.6 is 0 Å². The molecule has 1 atom stereocenters. The fourth-order valence-corrected chi connectivity index (χ4v) is 4.93. The van der Waals surface area contributed by atoms with Crippen molar-refractivity contribution in [2.75, 3.05) is 13.2 Å². The topological polar surface area (TPSA) is 97.0 Å². The van der Waals surface area contributed by atoms with Gasteiger partial charge >= 0.3 is 0 Å². The molecular formula is C24H34N4O3S. The Balaban J connectivity index is 1.70. The Morgan fingerprint density at radius 1 is 1.16 bits per heavy atom. The maximum absolute atomic E-state index is 13.0. The number of benzene rings is 1. The van der Waals surface area contributed by atoms with Crippen LogP contribution in [0.2, 0.25) is 0 Å². The van der Waals surface area contributed by atoms with Gasteiger partial charge in [-0.2, -0.15) is 0 Å². The van der Waals surface area contributed by atoms with Gasteiger partial charge in [0.1, 0.15) is 11.3 Å². The molecule has 0 aliphatic heterocycles. The highest BCUT2D eigenvalue weighted by Crippen LogP contribution is 2.19. The molecule has 0 radical (unpaired) electrons. The van der Waals surface area contributed by atoms with Crippen molar-refractivity contribution >= 4 is 21.1 Å². The fourth-order valence-electron chi connectivity index (χ4n) is 3.70. The number of aromatic nitrogens is 3. The summed E-state index contributed by atoms with van der Waals surface area (Å²) in [7, 11) is -3.63. The number of nitrogens with zero attached hydrogens (tertiary/aromatic N) is 2. The first-order chi connectivity index (χ1) is 15.3. The van der Waals surface area contributed by atoms with E-state index in [0.29, 0.717) is 25.6 Å². The maximum Gasteiger partial charge on any atom is 0.240 e. The highest BCUT2D eigenvalue weighted by Gasteiger charge is 2.21. The second-order valence-electron chi connectivity index (χ2n) is 8.67. The SMILES string of the molecule is CCCCOC[C@H](CC(C)C)NS(=O)(=O)c1ccc(Cc2nccc3[nH]c(C)nc23)cc1. The minimum atomic E-state index is -3.63. The third kappa shape index (κ3) is 6.60. The minimum Gasteiger partial charge on any atom is -0.380 e. The lowest BCUT2D eigenvalue weighted by Crippen LogP contribution is -2.39. The second-order valence-corrected chi connectivity index (χ2v) is 10.4. The summed E-state index contributed by atoms with van der Waals surface area (Å²) in [4.78, 5) is 12.5.